The van der Waals surface area contributed by atoms with E-state index in [9.17, 15) is 0 Å². The molecule has 3 heteroatoms. The summed E-state index contributed by atoms with van der Waals surface area (Å²) in [6.45, 7) is 0.856. The van der Waals surface area contributed by atoms with Gasteiger partial charge in [0.15, 0.2) is 0 Å². The second-order valence-electron chi connectivity index (χ2n) is 3.34. The molecule has 0 aromatic rings. The number of hydrogen-bond acceptors (Lipinski definition) is 1. The van der Waals surface area contributed by atoms with Gasteiger partial charge in [0.2, 0.25) is 0 Å². The first-order valence-electron chi connectivity index (χ1n) is 5.00. The molecule has 0 bridgehead atoms. The summed E-state index contributed by atoms with van der Waals surface area (Å²) in [6.07, 6.45) is 8.79. The molecule has 1 rings (SSSR count). The van der Waals surface area contributed by atoms with E-state index in [2.05, 4.69) is 44.0 Å². The van der Waals surface area contributed by atoms with Gasteiger partial charge in [-0.05, 0) is 25.3 Å². The van der Waals surface area contributed by atoms with Crippen LogP contribution in [0.25, 0.3) is 0 Å². The van der Waals surface area contributed by atoms with E-state index in [0.29, 0.717) is 0 Å². The van der Waals surface area contributed by atoms with E-state index in [1.807, 2.05) is 0 Å². The number of unbranched alkanes of at least 4 members (excludes halogenated alkanes) is 1. The minimum atomic E-state index is 0.856. The first-order valence-corrected chi connectivity index (χ1v) is 7.24. The number of allylic oxidation sites excluding steroid dienone is 4. The Morgan fingerprint density at radius 3 is 2.57 bits per heavy atom. The van der Waals surface area contributed by atoms with Crippen LogP contribution in [0.1, 0.15) is 25.7 Å². The predicted octanol–water partition coefficient (Wildman–Crippen LogP) is 4.18. The third-order valence-corrected chi connectivity index (χ3v) is 3.47. The molecule has 0 heterocycles. The Hall–Kier alpha value is 0.240. The van der Waals surface area contributed by atoms with Crippen molar-refractivity contribution in [2.45, 2.75) is 25.7 Å². The SMILES string of the molecule is BrCCCCOC1=CC=C(CBr)CC1. The molecule has 0 radical (unpaired) electrons. The van der Waals surface area contributed by atoms with Crippen molar-refractivity contribution in [1.29, 1.82) is 0 Å². The van der Waals surface area contributed by atoms with Gasteiger partial charge in [0.1, 0.15) is 0 Å². The number of alkyl halides is 2. The molecular weight excluding hydrogens is 308 g/mol. The molecule has 0 fully saturated rings. The van der Waals surface area contributed by atoms with E-state index in [1.165, 1.54) is 12.0 Å². The number of halogens is 2. The summed E-state index contributed by atoms with van der Waals surface area (Å²) in [6, 6.07) is 0. The van der Waals surface area contributed by atoms with Crippen LogP contribution in [0.5, 0.6) is 0 Å². The number of rotatable bonds is 6. The van der Waals surface area contributed by atoms with Crippen molar-refractivity contribution in [3.8, 4) is 0 Å². The molecule has 0 N–H and O–H groups in total. The number of hydrogen-bond donors (Lipinski definition) is 0. The highest BCUT2D eigenvalue weighted by Crippen LogP contribution is 2.20. The fraction of sp³-hybridized carbons (Fsp3) is 0.636. The van der Waals surface area contributed by atoms with E-state index in [4.69, 9.17) is 4.74 Å². The summed E-state index contributed by atoms with van der Waals surface area (Å²) in [4.78, 5) is 0. The summed E-state index contributed by atoms with van der Waals surface area (Å²) in [5.41, 5.74) is 1.46. The lowest BCUT2D eigenvalue weighted by molar-refractivity contribution is 0.197. The summed E-state index contributed by atoms with van der Waals surface area (Å²) in [7, 11) is 0. The average Bonchev–Trinajstić information content (AvgIpc) is 2.25. The monoisotopic (exact) mass is 322 g/mol. The normalized spacial score (nSPS) is 16.1. The lowest BCUT2D eigenvalue weighted by Crippen LogP contribution is -2.00. The van der Waals surface area contributed by atoms with Crippen molar-refractivity contribution in [3.63, 3.8) is 0 Å². The smallest absolute Gasteiger partial charge is 0.0962 e. The van der Waals surface area contributed by atoms with E-state index in [0.717, 1.165) is 42.3 Å². The Bertz CT molecular complexity index is 221. The summed E-state index contributed by atoms with van der Waals surface area (Å²) in [5, 5.41) is 2.06. The molecule has 0 amide bonds. The fourth-order valence-corrected chi connectivity index (χ4v) is 2.16. The highest BCUT2D eigenvalue weighted by Gasteiger charge is 2.05. The first-order chi connectivity index (χ1) is 6.86. The molecule has 0 aliphatic heterocycles. The van der Waals surface area contributed by atoms with Gasteiger partial charge in [0, 0.05) is 17.1 Å². The Morgan fingerprint density at radius 1 is 1.14 bits per heavy atom. The molecule has 14 heavy (non-hydrogen) atoms. The van der Waals surface area contributed by atoms with Gasteiger partial charge in [0.25, 0.3) is 0 Å². The van der Waals surface area contributed by atoms with Crippen molar-refractivity contribution >= 4 is 31.9 Å². The molecule has 1 aliphatic rings. The van der Waals surface area contributed by atoms with E-state index in [-0.39, 0.29) is 0 Å². The Kier molecular flexibility index (Phi) is 6.61. The van der Waals surface area contributed by atoms with Gasteiger partial charge in [-0.1, -0.05) is 43.5 Å². The second-order valence-corrected chi connectivity index (χ2v) is 4.69. The summed E-state index contributed by atoms with van der Waals surface area (Å²) in [5.74, 6) is 1.14. The van der Waals surface area contributed by atoms with Gasteiger partial charge < -0.3 is 4.74 Å². The van der Waals surface area contributed by atoms with Crippen LogP contribution in [-0.4, -0.2) is 17.3 Å². The fourth-order valence-electron chi connectivity index (χ4n) is 1.29. The van der Waals surface area contributed by atoms with Crippen LogP contribution in [0.15, 0.2) is 23.5 Å². The maximum atomic E-state index is 5.66. The quantitative estimate of drug-likeness (QED) is 0.526. The summed E-state index contributed by atoms with van der Waals surface area (Å²) < 4.78 is 5.66. The zero-order chi connectivity index (χ0) is 10.2. The minimum absolute atomic E-state index is 0.856. The van der Waals surface area contributed by atoms with E-state index < -0.39 is 0 Å². The molecule has 80 valence electrons. The predicted molar refractivity (Wildman–Crippen MR) is 68.2 cm³/mol. The van der Waals surface area contributed by atoms with Gasteiger partial charge in [-0.3, -0.25) is 0 Å². The van der Waals surface area contributed by atoms with Crippen LogP contribution in [0.4, 0.5) is 0 Å². The highest BCUT2D eigenvalue weighted by atomic mass is 79.9. The molecule has 1 nitrogen and oxygen atoms in total. The van der Waals surface area contributed by atoms with Gasteiger partial charge in [-0.15, -0.1) is 0 Å². The van der Waals surface area contributed by atoms with Gasteiger partial charge >= 0.3 is 0 Å². The molecule has 0 saturated heterocycles. The molecule has 0 unspecified atom stereocenters. The largest absolute Gasteiger partial charge is 0.498 e. The van der Waals surface area contributed by atoms with E-state index in [1.54, 1.807) is 0 Å². The third-order valence-electron chi connectivity index (χ3n) is 2.18. The maximum Gasteiger partial charge on any atom is 0.0962 e. The van der Waals surface area contributed by atoms with E-state index >= 15 is 0 Å². The van der Waals surface area contributed by atoms with Crippen LogP contribution in [0.3, 0.4) is 0 Å². The first kappa shape index (κ1) is 12.3. The zero-order valence-electron chi connectivity index (χ0n) is 8.27. The average molecular weight is 324 g/mol. The molecule has 0 saturated carbocycles. The van der Waals surface area contributed by atoms with Crippen LogP contribution in [-0.2, 0) is 4.74 Å². The van der Waals surface area contributed by atoms with Crippen LogP contribution < -0.4 is 0 Å². The van der Waals surface area contributed by atoms with Crippen LogP contribution in [0, 0.1) is 0 Å². The van der Waals surface area contributed by atoms with Gasteiger partial charge in [0.05, 0.1) is 12.4 Å². The van der Waals surface area contributed by atoms with Crippen molar-refractivity contribution in [1.82, 2.24) is 0 Å². The molecule has 1 aliphatic carbocycles. The standard InChI is InChI=1S/C11H16Br2O/c12-7-1-2-8-14-11-5-3-10(9-13)4-6-11/h3,5H,1-2,4,6-9H2. The van der Waals surface area contributed by atoms with Crippen molar-refractivity contribution in [2.75, 3.05) is 17.3 Å². The van der Waals surface area contributed by atoms with Gasteiger partial charge in [-0.2, -0.15) is 0 Å². The maximum absolute atomic E-state index is 5.66. The Balaban J connectivity index is 2.19. The third kappa shape index (κ3) is 4.65. The zero-order valence-corrected chi connectivity index (χ0v) is 11.4. The molecule has 0 aromatic carbocycles. The molecule has 0 aromatic heterocycles. The Labute approximate surface area is 103 Å². The molecule has 0 atom stereocenters. The second kappa shape index (κ2) is 7.52. The Morgan fingerprint density at radius 2 is 2.00 bits per heavy atom. The van der Waals surface area contributed by atoms with Crippen LogP contribution in [0.2, 0.25) is 0 Å². The van der Waals surface area contributed by atoms with Gasteiger partial charge in [-0.25, -0.2) is 0 Å². The lowest BCUT2D eigenvalue weighted by Gasteiger charge is -2.14. The van der Waals surface area contributed by atoms with Crippen molar-refractivity contribution < 1.29 is 4.74 Å². The van der Waals surface area contributed by atoms with Crippen LogP contribution >= 0.6 is 31.9 Å². The number of ether oxygens (including phenoxy) is 1. The molecule has 0 spiro atoms. The summed E-state index contributed by atoms with van der Waals surface area (Å²) >= 11 is 6.87. The van der Waals surface area contributed by atoms with Crippen molar-refractivity contribution in [3.05, 3.63) is 23.5 Å². The lowest BCUT2D eigenvalue weighted by atomic mass is 10.1. The minimum Gasteiger partial charge on any atom is -0.498 e. The van der Waals surface area contributed by atoms with Crippen molar-refractivity contribution in [2.24, 2.45) is 0 Å². The topological polar surface area (TPSA) is 9.23 Å². The highest BCUT2D eigenvalue weighted by molar-refractivity contribution is 9.09. The molecular formula is C11H16Br2O.